The predicted molar refractivity (Wildman–Crippen MR) is 116 cm³/mol. The summed E-state index contributed by atoms with van der Waals surface area (Å²) in [5, 5.41) is 12.3. The van der Waals surface area contributed by atoms with Crippen LogP contribution in [0.1, 0.15) is 17.0 Å². The Kier molecular flexibility index (Phi) is 5.96. The summed E-state index contributed by atoms with van der Waals surface area (Å²) >= 11 is 14.8. The van der Waals surface area contributed by atoms with Gasteiger partial charge in [-0.3, -0.25) is 4.68 Å². The van der Waals surface area contributed by atoms with Gasteiger partial charge in [0.1, 0.15) is 0 Å². The van der Waals surface area contributed by atoms with Gasteiger partial charge in [0, 0.05) is 15.2 Å². The minimum atomic E-state index is 0.532. The maximum atomic E-state index is 5.95. The summed E-state index contributed by atoms with van der Waals surface area (Å²) in [5.74, 6) is 0. The summed E-state index contributed by atoms with van der Waals surface area (Å²) in [7, 11) is 0. The second-order valence-corrected chi connectivity index (χ2v) is 7.68. The third-order valence-electron chi connectivity index (χ3n) is 3.97. The molecule has 0 aliphatic carbocycles. The van der Waals surface area contributed by atoms with E-state index in [9.17, 15) is 0 Å². The Morgan fingerprint density at radius 1 is 1.08 bits per heavy atom. The van der Waals surface area contributed by atoms with Crippen LogP contribution in [0.15, 0.2) is 53.0 Å². The van der Waals surface area contributed by atoms with Gasteiger partial charge in [0.05, 0.1) is 23.6 Å². The highest BCUT2D eigenvalue weighted by Gasteiger charge is 2.13. The van der Waals surface area contributed by atoms with Gasteiger partial charge in [-0.1, -0.05) is 39.7 Å². The fraction of sp³-hybridized carbons (Fsp3) is 0.158. The summed E-state index contributed by atoms with van der Waals surface area (Å²) in [6.07, 6.45) is 0. The van der Waals surface area contributed by atoms with Gasteiger partial charge in [-0.2, -0.15) is 5.10 Å². The lowest BCUT2D eigenvalue weighted by molar-refractivity contribution is 0.659. The average molecular weight is 450 g/mol. The molecule has 0 radical (unpaired) electrons. The topological polar surface area (TPSA) is 41.9 Å². The van der Waals surface area contributed by atoms with Gasteiger partial charge in [-0.05, 0) is 68.0 Å². The van der Waals surface area contributed by atoms with E-state index < -0.39 is 0 Å². The van der Waals surface area contributed by atoms with Crippen molar-refractivity contribution in [2.24, 2.45) is 0 Å². The predicted octanol–water partition coefficient (Wildman–Crippen LogP) is 5.77. The Morgan fingerprint density at radius 2 is 1.73 bits per heavy atom. The Hall–Kier alpha value is -1.89. The summed E-state index contributed by atoms with van der Waals surface area (Å²) in [4.78, 5) is 0. The smallest absolute Gasteiger partial charge is 0.175 e. The second-order valence-electron chi connectivity index (χ2n) is 5.92. The molecule has 1 aromatic heterocycles. The fourth-order valence-electron chi connectivity index (χ4n) is 2.60. The van der Waals surface area contributed by atoms with Crippen LogP contribution in [0.5, 0.6) is 0 Å². The van der Waals surface area contributed by atoms with Gasteiger partial charge in [-0.25, -0.2) is 0 Å². The number of nitrogens with one attached hydrogen (secondary N) is 2. The van der Waals surface area contributed by atoms with Crippen molar-refractivity contribution in [3.63, 3.8) is 0 Å². The van der Waals surface area contributed by atoms with Gasteiger partial charge in [0.15, 0.2) is 5.11 Å². The first kappa shape index (κ1) is 18.9. The van der Waals surface area contributed by atoms with Crippen molar-refractivity contribution in [2.45, 2.75) is 20.4 Å². The molecule has 1 heterocycles. The minimum absolute atomic E-state index is 0.532. The number of benzene rings is 2. The van der Waals surface area contributed by atoms with E-state index in [0.29, 0.717) is 11.7 Å². The third kappa shape index (κ3) is 4.63. The van der Waals surface area contributed by atoms with Crippen molar-refractivity contribution in [2.75, 3.05) is 10.6 Å². The highest BCUT2D eigenvalue weighted by atomic mass is 79.9. The molecule has 4 nitrogen and oxygen atoms in total. The SMILES string of the molecule is Cc1nn(Cc2ccc(Cl)cc2)c(C)c1NC(=S)Nc1ccc(Br)cc1. The molecule has 0 saturated heterocycles. The summed E-state index contributed by atoms with van der Waals surface area (Å²) < 4.78 is 2.99. The molecule has 7 heteroatoms. The zero-order valence-corrected chi connectivity index (χ0v) is 17.5. The minimum Gasteiger partial charge on any atom is -0.332 e. The fourth-order valence-corrected chi connectivity index (χ4v) is 3.21. The standard InChI is InChI=1S/C19H18BrClN4S/c1-12-18(23-19(26)22-17-9-5-15(20)6-10-17)13(2)25(24-12)11-14-3-7-16(21)8-4-14/h3-10H,11H2,1-2H3,(H2,22,23,26). The van der Waals surface area contributed by atoms with Crippen molar-refractivity contribution in [3.05, 3.63) is 75.0 Å². The number of thiocarbonyl (C=S) groups is 1. The largest absolute Gasteiger partial charge is 0.332 e. The Labute approximate surface area is 171 Å². The Balaban J connectivity index is 1.71. The molecule has 3 rings (SSSR count). The van der Waals surface area contributed by atoms with E-state index in [1.165, 1.54) is 0 Å². The number of hydrogen-bond donors (Lipinski definition) is 2. The first-order valence-corrected chi connectivity index (χ1v) is 9.62. The van der Waals surface area contributed by atoms with Crippen molar-refractivity contribution in [1.29, 1.82) is 0 Å². The molecule has 2 aromatic carbocycles. The van der Waals surface area contributed by atoms with Gasteiger partial charge in [0.2, 0.25) is 0 Å². The molecule has 0 spiro atoms. The van der Waals surface area contributed by atoms with Crippen LogP contribution in [0.25, 0.3) is 0 Å². The molecule has 0 aliphatic rings. The monoisotopic (exact) mass is 448 g/mol. The number of anilines is 2. The number of nitrogens with zero attached hydrogens (tertiary/aromatic N) is 2. The van der Waals surface area contributed by atoms with Crippen molar-refractivity contribution in [1.82, 2.24) is 9.78 Å². The lowest BCUT2D eigenvalue weighted by Crippen LogP contribution is -2.19. The van der Waals surface area contributed by atoms with E-state index in [4.69, 9.17) is 23.8 Å². The van der Waals surface area contributed by atoms with Crippen molar-refractivity contribution in [3.8, 4) is 0 Å². The van der Waals surface area contributed by atoms with Crippen LogP contribution in [-0.2, 0) is 6.54 Å². The zero-order valence-electron chi connectivity index (χ0n) is 14.4. The van der Waals surface area contributed by atoms with Crippen LogP contribution in [0.2, 0.25) is 5.02 Å². The van der Waals surface area contributed by atoms with Crippen molar-refractivity contribution >= 4 is 56.2 Å². The molecule has 0 atom stereocenters. The molecule has 0 amide bonds. The van der Waals surface area contributed by atoms with E-state index in [0.717, 1.165) is 37.8 Å². The first-order chi connectivity index (χ1) is 12.4. The maximum absolute atomic E-state index is 5.95. The van der Waals surface area contributed by atoms with Crippen LogP contribution in [0.3, 0.4) is 0 Å². The van der Waals surface area contributed by atoms with E-state index in [2.05, 4.69) is 31.7 Å². The molecule has 134 valence electrons. The second kappa shape index (κ2) is 8.20. The highest BCUT2D eigenvalue weighted by Crippen LogP contribution is 2.22. The van der Waals surface area contributed by atoms with Gasteiger partial charge in [-0.15, -0.1) is 0 Å². The highest BCUT2D eigenvalue weighted by molar-refractivity contribution is 9.10. The normalized spacial score (nSPS) is 10.6. The van der Waals surface area contributed by atoms with Gasteiger partial charge < -0.3 is 10.6 Å². The van der Waals surface area contributed by atoms with E-state index >= 15 is 0 Å². The molecule has 0 bridgehead atoms. The third-order valence-corrected chi connectivity index (χ3v) is 4.95. The zero-order chi connectivity index (χ0) is 18.7. The number of aryl methyl sites for hydroxylation is 1. The van der Waals surface area contributed by atoms with Crippen LogP contribution in [0, 0.1) is 13.8 Å². The molecule has 2 N–H and O–H groups in total. The van der Waals surface area contributed by atoms with Crippen LogP contribution >= 0.6 is 39.7 Å². The van der Waals surface area contributed by atoms with Crippen LogP contribution in [-0.4, -0.2) is 14.9 Å². The molecule has 0 fully saturated rings. The molecule has 0 unspecified atom stereocenters. The van der Waals surface area contributed by atoms with Crippen LogP contribution in [0.4, 0.5) is 11.4 Å². The van der Waals surface area contributed by atoms with Gasteiger partial charge in [0.25, 0.3) is 0 Å². The number of halogens is 2. The van der Waals surface area contributed by atoms with E-state index in [1.807, 2.05) is 67.1 Å². The van der Waals surface area contributed by atoms with E-state index in [-0.39, 0.29) is 0 Å². The first-order valence-electron chi connectivity index (χ1n) is 8.04. The Morgan fingerprint density at radius 3 is 2.38 bits per heavy atom. The molecule has 0 saturated carbocycles. The average Bonchev–Trinajstić information content (AvgIpc) is 2.86. The molecule has 3 aromatic rings. The number of aromatic nitrogens is 2. The van der Waals surface area contributed by atoms with Gasteiger partial charge >= 0.3 is 0 Å². The quantitative estimate of drug-likeness (QED) is 0.496. The maximum Gasteiger partial charge on any atom is 0.175 e. The molecular formula is C19H18BrClN4S. The molecular weight excluding hydrogens is 432 g/mol. The lowest BCUT2D eigenvalue weighted by Gasteiger charge is -2.11. The van der Waals surface area contributed by atoms with Crippen LogP contribution < -0.4 is 10.6 Å². The van der Waals surface area contributed by atoms with E-state index in [1.54, 1.807) is 0 Å². The summed E-state index contributed by atoms with van der Waals surface area (Å²) in [5.41, 5.74) is 4.92. The Bertz CT molecular complexity index is 920. The molecule has 26 heavy (non-hydrogen) atoms. The number of rotatable bonds is 4. The molecule has 0 aliphatic heterocycles. The van der Waals surface area contributed by atoms with Crippen molar-refractivity contribution < 1.29 is 0 Å². The number of hydrogen-bond acceptors (Lipinski definition) is 2. The summed E-state index contributed by atoms with van der Waals surface area (Å²) in [6.45, 7) is 4.68. The lowest BCUT2D eigenvalue weighted by atomic mass is 10.2. The summed E-state index contributed by atoms with van der Waals surface area (Å²) in [6, 6.07) is 15.6.